The minimum atomic E-state index is -0.154. The van der Waals surface area contributed by atoms with E-state index < -0.39 is 0 Å². The van der Waals surface area contributed by atoms with E-state index >= 15 is 0 Å². The second-order valence-electron chi connectivity index (χ2n) is 7.23. The lowest BCUT2D eigenvalue weighted by molar-refractivity contribution is 0.224. The molecular weight excluding hydrogens is 374 g/mol. The molecule has 0 bridgehead atoms. The van der Waals surface area contributed by atoms with E-state index in [0.717, 1.165) is 37.3 Å². The van der Waals surface area contributed by atoms with Crippen molar-refractivity contribution in [2.24, 2.45) is 11.8 Å². The molecule has 0 saturated carbocycles. The molecule has 2 aromatic carbocycles. The van der Waals surface area contributed by atoms with Gasteiger partial charge in [-0.3, -0.25) is 9.80 Å². The number of phenolic OH excluding ortho intramolecular Hbond substituents is 1. The quantitative estimate of drug-likeness (QED) is 0.842. The van der Waals surface area contributed by atoms with E-state index in [1.807, 2.05) is 24.3 Å². The number of rotatable bonds is 3. The molecule has 2 aliphatic heterocycles. The van der Waals surface area contributed by atoms with E-state index in [0.29, 0.717) is 23.6 Å². The lowest BCUT2D eigenvalue weighted by Crippen LogP contribution is -2.28. The summed E-state index contributed by atoms with van der Waals surface area (Å²) in [5.41, 5.74) is 2.23. The van der Waals surface area contributed by atoms with Crippen LogP contribution in [0.1, 0.15) is 17.2 Å². The average Bonchev–Trinajstić information content (AvgIpc) is 3.02. The van der Waals surface area contributed by atoms with Gasteiger partial charge in [-0.05, 0) is 54.3 Å². The van der Waals surface area contributed by atoms with Gasteiger partial charge in [0.1, 0.15) is 11.6 Å². The highest BCUT2D eigenvalue weighted by molar-refractivity contribution is 5.85. The monoisotopic (exact) mass is 398 g/mol. The van der Waals surface area contributed by atoms with Crippen LogP contribution in [0.2, 0.25) is 0 Å². The fourth-order valence-corrected chi connectivity index (χ4v) is 4.58. The van der Waals surface area contributed by atoms with Gasteiger partial charge in [0, 0.05) is 32.2 Å². The second kappa shape index (κ2) is 8.57. The van der Waals surface area contributed by atoms with Gasteiger partial charge in [0.05, 0.1) is 0 Å². The van der Waals surface area contributed by atoms with E-state index in [1.54, 1.807) is 12.1 Å². The standard InChI is InChI=1S/C20H23FN2O.2ClH/c1-22-11-16-12-23(10-14-4-2-7-18(24)8-14)13-19(16)20(22)15-5-3-6-17(21)9-15;;/h2-9,16,19-20,24H,10-13H2,1H3;2*1H/t16-,19+,20-;;/m0../s1. The molecule has 2 fully saturated rings. The van der Waals surface area contributed by atoms with Crippen LogP contribution in [0.25, 0.3) is 0 Å². The van der Waals surface area contributed by atoms with Crippen molar-refractivity contribution < 1.29 is 9.50 Å². The van der Waals surface area contributed by atoms with Crippen molar-refractivity contribution in [2.45, 2.75) is 12.6 Å². The molecule has 0 unspecified atom stereocenters. The summed E-state index contributed by atoms with van der Waals surface area (Å²) in [6.07, 6.45) is 0. The predicted octanol–water partition coefficient (Wildman–Crippen LogP) is 4.11. The van der Waals surface area contributed by atoms with E-state index in [9.17, 15) is 9.50 Å². The van der Waals surface area contributed by atoms with Crippen molar-refractivity contribution in [3.63, 3.8) is 0 Å². The van der Waals surface area contributed by atoms with E-state index in [1.165, 1.54) is 6.07 Å². The van der Waals surface area contributed by atoms with Gasteiger partial charge in [0.25, 0.3) is 0 Å². The largest absolute Gasteiger partial charge is 0.508 e. The number of phenols is 1. The topological polar surface area (TPSA) is 26.7 Å². The Morgan fingerprint density at radius 3 is 2.54 bits per heavy atom. The minimum Gasteiger partial charge on any atom is -0.508 e. The fraction of sp³-hybridized carbons (Fsp3) is 0.400. The molecule has 1 N–H and O–H groups in total. The van der Waals surface area contributed by atoms with E-state index in [2.05, 4.69) is 22.9 Å². The molecule has 2 saturated heterocycles. The molecule has 2 aromatic rings. The van der Waals surface area contributed by atoms with Crippen molar-refractivity contribution >= 4 is 24.8 Å². The number of hydrogen-bond acceptors (Lipinski definition) is 3. The molecule has 0 radical (unpaired) electrons. The maximum atomic E-state index is 13.6. The molecule has 0 aromatic heterocycles. The minimum absolute atomic E-state index is 0. The zero-order chi connectivity index (χ0) is 16.7. The maximum Gasteiger partial charge on any atom is 0.123 e. The molecule has 0 amide bonds. The molecule has 2 aliphatic rings. The smallest absolute Gasteiger partial charge is 0.123 e. The molecular formula is C20H25Cl2FN2O. The van der Waals surface area contributed by atoms with Crippen LogP contribution in [-0.4, -0.2) is 41.6 Å². The first kappa shape index (κ1) is 21.0. The van der Waals surface area contributed by atoms with Crippen LogP contribution < -0.4 is 0 Å². The van der Waals surface area contributed by atoms with Crippen molar-refractivity contribution in [1.82, 2.24) is 9.80 Å². The summed E-state index contributed by atoms with van der Waals surface area (Å²) in [4.78, 5) is 4.83. The number of aromatic hydroxyl groups is 1. The number of halogens is 3. The van der Waals surface area contributed by atoms with Crippen molar-refractivity contribution in [2.75, 3.05) is 26.7 Å². The Bertz CT molecular complexity index is 745. The Kier molecular flexibility index (Phi) is 6.92. The third-order valence-electron chi connectivity index (χ3n) is 5.48. The van der Waals surface area contributed by atoms with Gasteiger partial charge in [0.2, 0.25) is 0 Å². The third-order valence-corrected chi connectivity index (χ3v) is 5.48. The molecule has 4 rings (SSSR count). The summed E-state index contributed by atoms with van der Waals surface area (Å²) >= 11 is 0. The summed E-state index contributed by atoms with van der Waals surface area (Å²) in [5, 5.41) is 9.64. The first-order valence-electron chi connectivity index (χ1n) is 8.56. The normalized spacial score (nSPS) is 25.4. The molecule has 6 heteroatoms. The zero-order valence-corrected chi connectivity index (χ0v) is 16.3. The summed E-state index contributed by atoms with van der Waals surface area (Å²) in [6, 6.07) is 14.8. The summed E-state index contributed by atoms with van der Waals surface area (Å²) < 4.78 is 13.6. The van der Waals surface area contributed by atoms with Gasteiger partial charge < -0.3 is 5.11 Å². The van der Waals surface area contributed by atoms with Crippen LogP contribution in [0.5, 0.6) is 5.75 Å². The van der Waals surface area contributed by atoms with Crippen LogP contribution >= 0.6 is 24.8 Å². The number of likely N-dealkylation sites (tertiary alicyclic amines) is 2. The predicted molar refractivity (Wildman–Crippen MR) is 107 cm³/mol. The highest BCUT2D eigenvalue weighted by atomic mass is 35.5. The first-order chi connectivity index (χ1) is 11.6. The molecule has 142 valence electrons. The van der Waals surface area contributed by atoms with Gasteiger partial charge in [-0.2, -0.15) is 0 Å². The average molecular weight is 399 g/mol. The Morgan fingerprint density at radius 2 is 1.81 bits per heavy atom. The lowest BCUT2D eigenvalue weighted by Gasteiger charge is -2.27. The Balaban J connectivity index is 0.00000121. The van der Waals surface area contributed by atoms with Gasteiger partial charge >= 0.3 is 0 Å². The van der Waals surface area contributed by atoms with Gasteiger partial charge in [-0.25, -0.2) is 4.39 Å². The third kappa shape index (κ3) is 4.15. The second-order valence-corrected chi connectivity index (χ2v) is 7.23. The number of benzene rings is 2. The summed E-state index contributed by atoms with van der Waals surface area (Å²) in [7, 11) is 2.15. The molecule has 26 heavy (non-hydrogen) atoms. The molecule has 0 aliphatic carbocycles. The van der Waals surface area contributed by atoms with Crippen LogP contribution in [0, 0.1) is 17.7 Å². The van der Waals surface area contributed by atoms with Crippen LogP contribution in [-0.2, 0) is 6.54 Å². The fourth-order valence-electron chi connectivity index (χ4n) is 4.58. The Morgan fingerprint density at radius 1 is 1.04 bits per heavy atom. The van der Waals surface area contributed by atoms with Crippen molar-refractivity contribution in [3.8, 4) is 5.75 Å². The number of hydrogen-bond donors (Lipinski definition) is 1. The molecule has 0 spiro atoms. The first-order valence-corrected chi connectivity index (χ1v) is 8.56. The maximum absolute atomic E-state index is 13.6. The van der Waals surface area contributed by atoms with Crippen molar-refractivity contribution in [3.05, 3.63) is 65.5 Å². The SMILES string of the molecule is CN1C[C@H]2CN(Cc3cccc(O)c3)C[C@H]2[C@@H]1c1cccc(F)c1.Cl.Cl. The zero-order valence-electron chi connectivity index (χ0n) is 14.7. The molecule has 2 heterocycles. The number of nitrogens with zero attached hydrogens (tertiary/aromatic N) is 2. The molecule has 3 nitrogen and oxygen atoms in total. The van der Waals surface area contributed by atoms with Gasteiger partial charge in [-0.15, -0.1) is 24.8 Å². The Labute approximate surface area is 166 Å². The van der Waals surface area contributed by atoms with Crippen LogP contribution in [0.15, 0.2) is 48.5 Å². The highest BCUT2D eigenvalue weighted by Crippen LogP contribution is 2.44. The number of fused-ring (bicyclic) bond motifs is 1. The Hall–Kier alpha value is -1.33. The van der Waals surface area contributed by atoms with E-state index in [-0.39, 0.29) is 30.6 Å². The van der Waals surface area contributed by atoms with Gasteiger partial charge in [0.15, 0.2) is 0 Å². The van der Waals surface area contributed by atoms with Gasteiger partial charge in [-0.1, -0.05) is 24.3 Å². The van der Waals surface area contributed by atoms with E-state index in [4.69, 9.17) is 0 Å². The van der Waals surface area contributed by atoms with Crippen LogP contribution in [0.3, 0.4) is 0 Å². The van der Waals surface area contributed by atoms with Crippen LogP contribution in [0.4, 0.5) is 4.39 Å². The highest BCUT2D eigenvalue weighted by Gasteiger charge is 2.45. The van der Waals surface area contributed by atoms with Crippen molar-refractivity contribution in [1.29, 1.82) is 0 Å². The summed E-state index contributed by atoms with van der Waals surface area (Å²) in [6.45, 7) is 4.01. The lowest BCUT2D eigenvalue weighted by atomic mass is 9.89. The molecule has 3 atom stereocenters. The summed E-state index contributed by atoms with van der Waals surface area (Å²) in [5.74, 6) is 1.33.